The number of amides is 1. The fraction of sp³-hybridized carbons (Fsp3) is 0.667. The van der Waals surface area contributed by atoms with Gasteiger partial charge in [0, 0.05) is 6.42 Å². The molecule has 0 aromatic rings. The Morgan fingerprint density at radius 2 is 2.00 bits per heavy atom. The van der Waals surface area contributed by atoms with Crippen LogP contribution in [-0.4, -0.2) is 5.91 Å². The fourth-order valence-corrected chi connectivity index (χ4v) is 0.709. The second-order valence-corrected chi connectivity index (χ2v) is 3.80. The van der Waals surface area contributed by atoms with Crippen LogP contribution < -0.4 is 5.32 Å². The Bertz CT molecular complexity index is 153. The molecule has 0 rings (SSSR count). The van der Waals surface area contributed by atoms with Gasteiger partial charge in [0.05, 0.1) is 0 Å². The van der Waals surface area contributed by atoms with Crippen molar-refractivity contribution in [1.29, 1.82) is 0 Å². The van der Waals surface area contributed by atoms with E-state index in [0.717, 1.165) is 0 Å². The third-order valence-electron chi connectivity index (χ3n) is 1.10. The molecule has 0 spiro atoms. The standard InChI is InChI=1S/C9H17NO/c1-5-6-10-8(11)7-9(2,3)4/h5-6H,7H2,1-4H3,(H,10,11)/b6-5-. The smallest absolute Gasteiger partial charge is 0.224 e. The molecule has 0 heterocycles. The molecule has 2 heteroatoms. The summed E-state index contributed by atoms with van der Waals surface area (Å²) in [5, 5.41) is 2.67. The zero-order valence-electron chi connectivity index (χ0n) is 7.77. The van der Waals surface area contributed by atoms with E-state index in [2.05, 4.69) is 5.32 Å². The highest BCUT2D eigenvalue weighted by Gasteiger charge is 2.14. The maximum atomic E-state index is 11.1. The first-order chi connectivity index (χ1) is 4.95. The minimum Gasteiger partial charge on any atom is -0.333 e. The predicted octanol–water partition coefficient (Wildman–Crippen LogP) is 2.07. The van der Waals surface area contributed by atoms with E-state index in [4.69, 9.17) is 0 Å². The number of nitrogens with one attached hydrogen (secondary N) is 1. The van der Waals surface area contributed by atoms with Gasteiger partial charge in [0.15, 0.2) is 0 Å². The van der Waals surface area contributed by atoms with Gasteiger partial charge in [-0.25, -0.2) is 0 Å². The molecule has 11 heavy (non-hydrogen) atoms. The van der Waals surface area contributed by atoms with Gasteiger partial charge in [-0.3, -0.25) is 4.79 Å². The maximum Gasteiger partial charge on any atom is 0.224 e. The Labute approximate surface area is 68.7 Å². The molecule has 0 bridgehead atoms. The van der Waals surface area contributed by atoms with Crippen LogP contribution >= 0.6 is 0 Å². The van der Waals surface area contributed by atoms with Gasteiger partial charge in [-0.15, -0.1) is 0 Å². The third-order valence-corrected chi connectivity index (χ3v) is 1.10. The van der Waals surface area contributed by atoms with E-state index < -0.39 is 0 Å². The van der Waals surface area contributed by atoms with E-state index in [1.807, 2.05) is 27.7 Å². The normalized spacial score (nSPS) is 12.0. The molecule has 0 atom stereocenters. The van der Waals surface area contributed by atoms with E-state index in [-0.39, 0.29) is 11.3 Å². The molecule has 0 aliphatic rings. The summed E-state index contributed by atoms with van der Waals surface area (Å²) in [6.45, 7) is 8.00. The molecular formula is C9H17NO. The summed E-state index contributed by atoms with van der Waals surface area (Å²) < 4.78 is 0. The number of carbonyl (C=O) groups excluding carboxylic acids is 1. The summed E-state index contributed by atoms with van der Waals surface area (Å²) in [6.07, 6.45) is 4.03. The zero-order chi connectivity index (χ0) is 8.91. The van der Waals surface area contributed by atoms with Crippen LogP contribution in [-0.2, 0) is 4.79 Å². The van der Waals surface area contributed by atoms with Gasteiger partial charge in [0.2, 0.25) is 5.91 Å². The summed E-state index contributed by atoms with van der Waals surface area (Å²) in [4.78, 5) is 11.1. The molecule has 1 N–H and O–H groups in total. The number of rotatable bonds is 2. The molecule has 0 aromatic heterocycles. The second kappa shape index (κ2) is 4.16. The lowest BCUT2D eigenvalue weighted by molar-refractivity contribution is -0.121. The topological polar surface area (TPSA) is 29.1 Å². The van der Waals surface area contributed by atoms with Crippen LogP contribution in [0, 0.1) is 5.41 Å². The van der Waals surface area contributed by atoms with Crippen LogP contribution in [0.1, 0.15) is 34.1 Å². The van der Waals surface area contributed by atoms with Crippen molar-refractivity contribution >= 4 is 5.91 Å². The van der Waals surface area contributed by atoms with Gasteiger partial charge in [-0.2, -0.15) is 0 Å². The van der Waals surface area contributed by atoms with E-state index in [1.54, 1.807) is 12.3 Å². The molecule has 0 aliphatic carbocycles. The van der Waals surface area contributed by atoms with Crippen LogP contribution in [0.4, 0.5) is 0 Å². The average Bonchev–Trinajstić information content (AvgIpc) is 1.79. The quantitative estimate of drug-likeness (QED) is 0.650. The van der Waals surface area contributed by atoms with Crippen LogP contribution in [0.3, 0.4) is 0 Å². The number of hydrogen-bond acceptors (Lipinski definition) is 1. The summed E-state index contributed by atoms with van der Waals surface area (Å²) in [6, 6.07) is 0. The molecule has 0 radical (unpaired) electrons. The molecule has 0 fully saturated rings. The minimum atomic E-state index is 0.0751. The third kappa shape index (κ3) is 7.10. The predicted molar refractivity (Wildman–Crippen MR) is 47.0 cm³/mol. The van der Waals surface area contributed by atoms with Crippen molar-refractivity contribution in [2.75, 3.05) is 0 Å². The van der Waals surface area contributed by atoms with Crippen LogP contribution in [0.25, 0.3) is 0 Å². The Morgan fingerprint density at radius 1 is 1.45 bits per heavy atom. The number of allylic oxidation sites excluding steroid dienone is 1. The maximum absolute atomic E-state index is 11.1. The SMILES string of the molecule is C/C=C\NC(=O)CC(C)(C)C. The first-order valence-electron chi connectivity index (χ1n) is 3.86. The van der Waals surface area contributed by atoms with Crippen LogP contribution in [0.15, 0.2) is 12.3 Å². The molecule has 0 saturated heterocycles. The molecule has 2 nitrogen and oxygen atoms in total. The lowest BCUT2D eigenvalue weighted by atomic mass is 9.92. The van der Waals surface area contributed by atoms with Crippen LogP contribution in [0.2, 0.25) is 0 Å². The Kier molecular flexibility index (Phi) is 3.86. The van der Waals surface area contributed by atoms with Gasteiger partial charge in [0.25, 0.3) is 0 Å². The number of hydrogen-bond donors (Lipinski definition) is 1. The molecule has 64 valence electrons. The van der Waals surface area contributed by atoms with Crippen molar-refractivity contribution in [2.24, 2.45) is 5.41 Å². The van der Waals surface area contributed by atoms with E-state index in [9.17, 15) is 4.79 Å². The Balaban J connectivity index is 3.70. The lowest BCUT2D eigenvalue weighted by Crippen LogP contribution is -2.23. The van der Waals surface area contributed by atoms with Crippen molar-refractivity contribution in [2.45, 2.75) is 34.1 Å². The first-order valence-corrected chi connectivity index (χ1v) is 3.86. The van der Waals surface area contributed by atoms with E-state index in [0.29, 0.717) is 6.42 Å². The van der Waals surface area contributed by atoms with Gasteiger partial charge < -0.3 is 5.32 Å². The van der Waals surface area contributed by atoms with Crippen molar-refractivity contribution < 1.29 is 4.79 Å². The molecule has 0 unspecified atom stereocenters. The summed E-state index contributed by atoms with van der Waals surface area (Å²) >= 11 is 0. The monoisotopic (exact) mass is 155 g/mol. The van der Waals surface area contributed by atoms with E-state index >= 15 is 0 Å². The lowest BCUT2D eigenvalue weighted by Gasteiger charge is -2.15. The molecule has 1 amide bonds. The largest absolute Gasteiger partial charge is 0.333 e. The van der Waals surface area contributed by atoms with Gasteiger partial charge >= 0.3 is 0 Å². The summed E-state index contributed by atoms with van der Waals surface area (Å²) in [5.74, 6) is 0.0793. The minimum absolute atomic E-state index is 0.0751. The Hall–Kier alpha value is -0.790. The van der Waals surface area contributed by atoms with Crippen molar-refractivity contribution in [1.82, 2.24) is 5.32 Å². The van der Waals surface area contributed by atoms with Crippen molar-refractivity contribution in [3.8, 4) is 0 Å². The van der Waals surface area contributed by atoms with Gasteiger partial charge in [-0.05, 0) is 18.5 Å². The van der Waals surface area contributed by atoms with Crippen molar-refractivity contribution in [3.05, 3.63) is 12.3 Å². The van der Waals surface area contributed by atoms with Crippen LogP contribution in [0.5, 0.6) is 0 Å². The molecule has 0 saturated carbocycles. The average molecular weight is 155 g/mol. The molecular weight excluding hydrogens is 138 g/mol. The highest BCUT2D eigenvalue weighted by Crippen LogP contribution is 2.17. The summed E-state index contributed by atoms with van der Waals surface area (Å²) in [7, 11) is 0. The van der Waals surface area contributed by atoms with Gasteiger partial charge in [0.1, 0.15) is 0 Å². The highest BCUT2D eigenvalue weighted by molar-refractivity contribution is 5.77. The van der Waals surface area contributed by atoms with E-state index in [1.165, 1.54) is 0 Å². The zero-order valence-corrected chi connectivity index (χ0v) is 7.77. The fourth-order valence-electron chi connectivity index (χ4n) is 0.709. The highest BCUT2D eigenvalue weighted by atomic mass is 16.1. The van der Waals surface area contributed by atoms with Gasteiger partial charge in [-0.1, -0.05) is 26.8 Å². The first kappa shape index (κ1) is 10.2. The summed E-state index contributed by atoms with van der Waals surface area (Å²) in [5.41, 5.74) is 0.0751. The Morgan fingerprint density at radius 3 is 2.36 bits per heavy atom. The van der Waals surface area contributed by atoms with Crippen molar-refractivity contribution in [3.63, 3.8) is 0 Å². The number of carbonyl (C=O) groups is 1. The molecule has 0 aromatic carbocycles. The molecule has 0 aliphatic heterocycles. The second-order valence-electron chi connectivity index (χ2n) is 3.80.